The third-order valence-electron chi connectivity index (χ3n) is 2.05. The Morgan fingerprint density at radius 2 is 2.29 bits per heavy atom. The maximum Gasteiger partial charge on any atom is 0.182 e. The van der Waals surface area contributed by atoms with Gasteiger partial charge in [-0.1, -0.05) is 6.07 Å². The van der Waals surface area contributed by atoms with Crippen LogP contribution in [-0.4, -0.2) is 19.0 Å². The molecular weight excluding hydrogens is 278 g/mol. The number of anilines is 2. The first-order valence-electron chi connectivity index (χ1n) is 4.70. The molecule has 0 atom stereocenters. The van der Waals surface area contributed by atoms with Crippen LogP contribution in [0.4, 0.5) is 10.8 Å². The minimum absolute atomic E-state index is 0.0613. The van der Waals surface area contributed by atoms with Crippen LogP contribution in [0.2, 0.25) is 0 Å². The number of sulfone groups is 1. The minimum Gasteiger partial charge on any atom is -0.382 e. The number of thiophene rings is 1. The van der Waals surface area contributed by atoms with E-state index < -0.39 is 9.84 Å². The fourth-order valence-electron chi connectivity index (χ4n) is 1.35. The normalized spacial score (nSPS) is 11.6. The Morgan fingerprint density at radius 3 is 2.88 bits per heavy atom. The lowest BCUT2D eigenvalue weighted by Gasteiger charge is -2.04. The van der Waals surface area contributed by atoms with Crippen LogP contribution in [0.5, 0.6) is 0 Å². The highest BCUT2D eigenvalue weighted by Gasteiger charge is 2.20. The van der Waals surface area contributed by atoms with E-state index in [0.29, 0.717) is 11.5 Å². The molecular formula is C9H11N3O2S3. The van der Waals surface area contributed by atoms with Gasteiger partial charge >= 0.3 is 0 Å². The first-order chi connectivity index (χ1) is 7.98. The molecule has 0 unspecified atom stereocenters. The lowest BCUT2D eigenvalue weighted by atomic mass is 10.4. The zero-order valence-corrected chi connectivity index (χ0v) is 11.5. The predicted octanol–water partition coefficient (Wildman–Crippen LogP) is 1.80. The maximum absolute atomic E-state index is 11.5. The molecule has 2 heterocycles. The van der Waals surface area contributed by atoms with Gasteiger partial charge in [-0.25, -0.2) is 8.42 Å². The van der Waals surface area contributed by atoms with Gasteiger partial charge in [0.25, 0.3) is 0 Å². The quantitative estimate of drug-likeness (QED) is 0.896. The summed E-state index contributed by atoms with van der Waals surface area (Å²) in [6, 6.07) is 3.92. The van der Waals surface area contributed by atoms with Crippen molar-refractivity contribution in [2.45, 2.75) is 11.4 Å². The first kappa shape index (κ1) is 12.3. The van der Waals surface area contributed by atoms with E-state index in [-0.39, 0.29) is 10.7 Å². The van der Waals surface area contributed by atoms with Crippen LogP contribution in [0.1, 0.15) is 4.88 Å². The van der Waals surface area contributed by atoms with E-state index in [1.807, 2.05) is 17.5 Å². The van der Waals surface area contributed by atoms with E-state index in [0.717, 1.165) is 22.7 Å². The molecule has 0 aliphatic rings. The summed E-state index contributed by atoms with van der Waals surface area (Å²) in [5.41, 5.74) is 5.56. The summed E-state index contributed by atoms with van der Waals surface area (Å²) in [4.78, 5) is 1.22. The Morgan fingerprint density at radius 1 is 1.53 bits per heavy atom. The molecule has 3 N–H and O–H groups in total. The smallest absolute Gasteiger partial charge is 0.182 e. The fourth-order valence-corrected chi connectivity index (χ4v) is 4.05. The highest BCUT2D eigenvalue weighted by atomic mass is 32.2. The van der Waals surface area contributed by atoms with Gasteiger partial charge in [0.15, 0.2) is 15.7 Å². The third-order valence-corrected chi connectivity index (χ3v) is 5.03. The third kappa shape index (κ3) is 2.76. The van der Waals surface area contributed by atoms with E-state index in [2.05, 4.69) is 9.69 Å². The Kier molecular flexibility index (Phi) is 3.36. The van der Waals surface area contributed by atoms with Gasteiger partial charge in [-0.15, -0.1) is 11.3 Å². The SMILES string of the molecule is CS(=O)(=O)c1c(N)nsc1NCc1cccs1. The number of nitrogens with one attached hydrogen (secondary N) is 1. The molecule has 0 saturated heterocycles. The molecule has 0 saturated carbocycles. The van der Waals surface area contributed by atoms with E-state index in [9.17, 15) is 8.42 Å². The average Bonchev–Trinajstić information content (AvgIpc) is 2.82. The second-order valence-corrected chi connectivity index (χ2v) is 7.19. The maximum atomic E-state index is 11.5. The Hall–Kier alpha value is -1.12. The number of rotatable bonds is 4. The summed E-state index contributed by atoms with van der Waals surface area (Å²) in [6.45, 7) is 0.571. The topological polar surface area (TPSA) is 85.1 Å². The van der Waals surface area contributed by atoms with Crippen LogP contribution in [0.25, 0.3) is 0 Å². The van der Waals surface area contributed by atoms with Crippen LogP contribution in [0.15, 0.2) is 22.4 Å². The predicted molar refractivity (Wildman–Crippen MR) is 71.3 cm³/mol. The van der Waals surface area contributed by atoms with Crippen molar-refractivity contribution in [3.05, 3.63) is 22.4 Å². The van der Waals surface area contributed by atoms with Gasteiger partial charge in [-0.05, 0) is 23.0 Å². The number of nitrogen functional groups attached to an aromatic ring is 1. The summed E-state index contributed by atoms with van der Waals surface area (Å²) < 4.78 is 27.0. The molecule has 5 nitrogen and oxygen atoms in total. The second kappa shape index (κ2) is 4.63. The van der Waals surface area contributed by atoms with E-state index >= 15 is 0 Å². The van der Waals surface area contributed by atoms with Gasteiger partial charge in [0.05, 0.1) is 6.54 Å². The van der Waals surface area contributed by atoms with Gasteiger partial charge in [0.1, 0.15) is 9.90 Å². The monoisotopic (exact) mass is 289 g/mol. The van der Waals surface area contributed by atoms with Crippen LogP contribution in [0.3, 0.4) is 0 Å². The van der Waals surface area contributed by atoms with E-state index in [1.165, 1.54) is 0 Å². The molecule has 2 aromatic rings. The average molecular weight is 289 g/mol. The molecule has 0 spiro atoms. The summed E-state index contributed by atoms with van der Waals surface area (Å²) >= 11 is 2.67. The fraction of sp³-hybridized carbons (Fsp3) is 0.222. The molecule has 0 aliphatic carbocycles. The summed E-state index contributed by atoms with van der Waals surface area (Å²) in [6.07, 6.45) is 1.13. The molecule has 0 amide bonds. The second-order valence-electron chi connectivity index (χ2n) is 3.43. The molecule has 0 radical (unpaired) electrons. The van der Waals surface area contributed by atoms with Gasteiger partial charge in [-0.2, -0.15) is 4.37 Å². The molecule has 92 valence electrons. The van der Waals surface area contributed by atoms with Crippen LogP contribution in [-0.2, 0) is 16.4 Å². The highest BCUT2D eigenvalue weighted by molar-refractivity contribution is 7.91. The number of aromatic nitrogens is 1. The number of hydrogen-bond acceptors (Lipinski definition) is 7. The molecule has 2 rings (SSSR count). The lowest BCUT2D eigenvalue weighted by molar-refractivity contribution is 0.602. The summed E-state index contributed by atoms with van der Waals surface area (Å²) in [5, 5.41) is 5.52. The van der Waals surface area contributed by atoms with Crippen molar-refractivity contribution in [2.75, 3.05) is 17.3 Å². The molecule has 0 bridgehead atoms. The zero-order valence-electron chi connectivity index (χ0n) is 9.00. The van der Waals surface area contributed by atoms with Crippen LogP contribution in [0, 0.1) is 0 Å². The molecule has 8 heteroatoms. The Balaban J connectivity index is 2.22. The Bertz CT molecular complexity index is 601. The highest BCUT2D eigenvalue weighted by Crippen LogP contribution is 2.31. The number of nitrogens with two attached hydrogens (primary N) is 1. The molecule has 0 aliphatic heterocycles. The van der Waals surface area contributed by atoms with Crippen molar-refractivity contribution in [3.63, 3.8) is 0 Å². The summed E-state index contributed by atoms with van der Waals surface area (Å²) in [5.74, 6) is 0.0613. The van der Waals surface area contributed by atoms with Crippen molar-refractivity contribution in [1.82, 2.24) is 4.37 Å². The van der Waals surface area contributed by atoms with E-state index in [1.54, 1.807) is 11.3 Å². The first-order valence-corrected chi connectivity index (χ1v) is 8.24. The standard InChI is InChI=1S/C9H11N3O2S3/c1-17(13,14)7-8(10)12-16-9(7)11-5-6-3-2-4-15-6/h2-4,11H,5H2,1H3,(H2,10,12). The molecule has 0 aromatic carbocycles. The van der Waals surface area contributed by atoms with Crippen molar-refractivity contribution in [3.8, 4) is 0 Å². The van der Waals surface area contributed by atoms with Gasteiger partial charge < -0.3 is 11.1 Å². The van der Waals surface area contributed by atoms with Gasteiger partial charge in [0.2, 0.25) is 0 Å². The van der Waals surface area contributed by atoms with Gasteiger partial charge in [0, 0.05) is 11.1 Å². The molecule has 17 heavy (non-hydrogen) atoms. The minimum atomic E-state index is -3.35. The van der Waals surface area contributed by atoms with Crippen LogP contribution >= 0.6 is 22.9 Å². The number of hydrogen-bond donors (Lipinski definition) is 2. The van der Waals surface area contributed by atoms with Crippen molar-refractivity contribution >= 4 is 43.5 Å². The molecule has 2 aromatic heterocycles. The lowest BCUT2D eigenvalue weighted by Crippen LogP contribution is -2.05. The van der Waals surface area contributed by atoms with Crippen molar-refractivity contribution in [2.24, 2.45) is 0 Å². The van der Waals surface area contributed by atoms with E-state index in [4.69, 9.17) is 5.73 Å². The molecule has 0 fully saturated rings. The van der Waals surface area contributed by atoms with Crippen molar-refractivity contribution in [1.29, 1.82) is 0 Å². The Labute approximate surface area is 107 Å². The van der Waals surface area contributed by atoms with Gasteiger partial charge in [-0.3, -0.25) is 0 Å². The number of nitrogens with zero attached hydrogens (tertiary/aromatic N) is 1. The largest absolute Gasteiger partial charge is 0.382 e. The summed E-state index contributed by atoms with van der Waals surface area (Å²) in [7, 11) is -3.35. The zero-order chi connectivity index (χ0) is 12.5. The van der Waals surface area contributed by atoms with Crippen LogP contribution < -0.4 is 11.1 Å². The van der Waals surface area contributed by atoms with Crippen molar-refractivity contribution < 1.29 is 8.42 Å².